The second-order valence-electron chi connectivity index (χ2n) is 4.93. The van der Waals surface area contributed by atoms with Crippen LogP contribution in [-0.2, 0) is 11.2 Å². The molecule has 1 fully saturated rings. The monoisotopic (exact) mass is 295 g/mol. The van der Waals surface area contributed by atoms with Gasteiger partial charge in [0.1, 0.15) is 0 Å². The number of benzene rings is 1. The number of oxime groups is 1. The lowest BCUT2D eigenvalue weighted by molar-refractivity contribution is -0.132. The van der Waals surface area contributed by atoms with E-state index >= 15 is 0 Å². The standard InChI is InChI=1S/C14H18ClN3O2/c15-11-5-3-4-10(8-11)9-13(19)18-7-2-1-6-12(18)14(16)17-20/h3-5,8,12,20H,1-2,6-7,9H2,(H2,16,17). The van der Waals surface area contributed by atoms with Gasteiger partial charge in [0.2, 0.25) is 5.91 Å². The molecule has 108 valence electrons. The SMILES string of the molecule is NC(=NO)C1CCCCN1C(=O)Cc1cccc(Cl)c1. The minimum Gasteiger partial charge on any atom is -0.409 e. The van der Waals surface area contributed by atoms with Gasteiger partial charge in [-0.3, -0.25) is 4.79 Å². The van der Waals surface area contributed by atoms with Gasteiger partial charge in [-0.25, -0.2) is 0 Å². The highest BCUT2D eigenvalue weighted by atomic mass is 35.5. The van der Waals surface area contributed by atoms with E-state index in [1.165, 1.54) is 0 Å². The van der Waals surface area contributed by atoms with Gasteiger partial charge in [0.05, 0.1) is 12.5 Å². The lowest BCUT2D eigenvalue weighted by Gasteiger charge is -2.34. The van der Waals surface area contributed by atoms with Crippen LogP contribution in [0.3, 0.4) is 0 Å². The highest BCUT2D eigenvalue weighted by molar-refractivity contribution is 6.30. The molecule has 5 nitrogen and oxygen atoms in total. The summed E-state index contributed by atoms with van der Waals surface area (Å²) >= 11 is 5.92. The number of rotatable bonds is 3. The fourth-order valence-corrected chi connectivity index (χ4v) is 2.74. The molecule has 1 aromatic rings. The van der Waals surface area contributed by atoms with Crippen LogP contribution in [0.5, 0.6) is 0 Å². The van der Waals surface area contributed by atoms with Crippen molar-refractivity contribution in [2.75, 3.05) is 6.54 Å². The Labute approximate surface area is 123 Å². The predicted molar refractivity (Wildman–Crippen MR) is 77.9 cm³/mol. The van der Waals surface area contributed by atoms with Crippen molar-refractivity contribution in [1.82, 2.24) is 4.90 Å². The maximum Gasteiger partial charge on any atom is 0.227 e. The van der Waals surface area contributed by atoms with Crippen LogP contribution < -0.4 is 5.73 Å². The van der Waals surface area contributed by atoms with Gasteiger partial charge in [0, 0.05) is 11.6 Å². The second-order valence-corrected chi connectivity index (χ2v) is 5.37. The van der Waals surface area contributed by atoms with Crippen LogP contribution in [0.4, 0.5) is 0 Å². The molecule has 0 spiro atoms. The Bertz CT molecular complexity index is 519. The minimum atomic E-state index is -0.305. The molecule has 1 aliphatic heterocycles. The van der Waals surface area contributed by atoms with Crippen LogP contribution in [-0.4, -0.2) is 34.4 Å². The molecule has 20 heavy (non-hydrogen) atoms. The zero-order chi connectivity index (χ0) is 14.5. The van der Waals surface area contributed by atoms with E-state index in [2.05, 4.69) is 5.16 Å². The van der Waals surface area contributed by atoms with Crippen LogP contribution in [0.25, 0.3) is 0 Å². The van der Waals surface area contributed by atoms with Gasteiger partial charge < -0.3 is 15.8 Å². The molecule has 3 N–H and O–H groups in total. The van der Waals surface area contributed by atoms with Gasteiger partial charge >= 0.3 is 0 Å². The molecule has 2 rings (SSSR count). The van der Waals surface area contributed by atoms with Crippen molar-refractivity contribution >= 4 is 23.3 Å². The summed E-state index contributed by atoms with van der Waals surface area (Å²) in [5, 5.41) is 12.5. The van der Waals surface area contributed by atoms with E-state index < -0.39 is 0 Å². The first-order chi connectivity index (χ1) is 9.61. The van der Waals surface area contributed by atoms with Gasteiger partial charge in [-0.15, -0.1) is 0 Å². The summed E-state index contributed by atoms with van der Waals surface area (Å²) in [7, 11) is 0. The highest BCUT2D eigenvalue weighted by Gasteiger charge is 2.29. The van der Waals surface area contributed by atoms with Crippen LogP contribution in [0.2, 0.25) is 5.02 Å². The van der Waals surface area contributed by atoms with E-state index in [-0.39, 0.29) is 24.2 Å². The molecule has 1 aromatic carbocycles. The molecule has 0 saturated carbocycles. The lowest BCUT2D eigenvalue weighted by Crippen LogP contribution is -2.51. The molecule has 1 amide bonds. The van der Waals surface area contributed by atoms with E-state index in [1.807, 2.05) is 12.1 Å². The Morgan fingerprint density at radius 3 is 3.00 bits per heavy atom. The molecule has 1 heterocycles. The van der Waals surface area contributed by atoms with Crippen LogP contribution >= 0.6 is 11.6 Å². The maximum absolute atomic E-state index is 12.4. The number of likely N-dealkylation sites (tertiary alicyclic amines) is 1. The fourth-order valence-electron chi connectivity index (χ4n) is 2.53. The number of hydrogen-bond donors (Lipinski definition) is 2. The molecule has 0 bridgehead atoms. The van der Waals surface area contributed by atoms with Gasteiger partial charge in [0.15, 0.2) is 5.84 Å². The third kappa shape index (κ3) is 3.42. The van der Waals surface area contributed by atoms with Crippen molar-refractivity contribution in [1.29, 1.82) is 0 Å². The molecule has 6 heteroatoms. The molecule has 1 aliphatic rings. The number of carbonyl (C=O) groups is 1. The van der Waals surface area contributed by atoms with Gasteiger partial charge in [-0.1, -0.05) is 28.9 Å². The van der Waals surface area contributed by atoms with E-state index in [1.54, 1.807) is 17.0 Å². The zero-order valence-corrected chi connectivity index (χ0v) is 11.9. The Morgan fingerprint density at radius 1 is 1.50 bits per heavy atom. The van der Waals surface area contributed by atoms with E-state index in [9.17, 15) is 4.79 Å². The van der Waals surface area contributed by atoms with Crippen LogP contribution in [0, 0.1) is 0 Å². The minimum absolute atomic E-state index is 0.0245. The quantitative estimate of drug-likeness (QED) is 0.387. The van der Waals surface area contributed by atoms with Crippen LogP contribution in [0.1, 0.15) is 24.8 Å². The van der Waals surface area contributed by atoms with Crippen LogP contribution in [0.15, 0.2) is 29.4 Å². The second kappa shape index (κ2) is 6.61. The number of halogens is 1. The number of piperidine rings is 1. The normalized spacial score (nSPS) is 19.9. The van der Waals surface area contributed by atoms with Crippen molar-refractivity contribution in [3.63, 3.8) is 0 Å². The number of amidine groups is 1. The van der Waals surface area contributed by atoms with Crippen molar-refractivity contribution < 1.29 is 10.0 Å². The number of amides is 1. The summed E-state index contributed by atoms with van der Waals surface area (Å²) in [6.07, 6.45) is 2.92. The average molecular weight is 296 g/mol. The summed E-state index contributed by atoms with van der Waals surface area (Å²) in [4.78, 5) is 14.1. The number of nitrogens with zero attached hydrogens (tertiary/aromatic N) is 2. The molecule has 1 saturated heterocycles. The van der Waals surface area contributed by atoms with Crippen molar-refractivity contribution in [3.8, 4) is 0 Å². The van der Waals surface area contributed by atoms with E-state index in [0.29, 0.717) is 11.6 Å². The lowest BCUT2D eigenvalue weighted by atomic mass is 10.00. The van der Waals surface area contributed by atoms with Crippen molar-refractivity contribution in [2.45, 2.75) is 31.7 Å². The predicted octanol–water partition coefficient (Wildman–Crippen LogP) is 2.01. The first-order valence-corrected chi connectivity index (χ1v) is 7.01. The van der Waals surface area contributed by atoms with Crippen molar-refractivity contribution in [3.05, 3.63) is 34.9 Å². The van der Waals surface area contributed by atoms with Gasteiger partial charge in [-0.2, -0.15) is 0 Å². The summed E-state index contributed by atoms with van der Waals surface area (Å²) in [6.45, 7) is 0.639. The Morgan fingerprint density at radius 2 is 2.30 bits per heavy atom. The maximum atomic E-state index is 12.4. The smallest absolute Gasteiger partial charge is 0.227 e. The molecular formula is C14H18ClN3O2. The van der Waals surface area contributed by atoms with Crippen molar-refractivity contribution in [2.24, 2.45) is 10.9 Å². The van der Waals surface area contributed by atoms with E-state index in [4.69, 9.17) is 22.5 Å². The summed E-state index contributed by atoms with van der Waals surface area (Å²) in [5.41, 5.74) is 6.55. The Balaban J connectivity index is 2.10. The summed E-state index contributed by atoms with van der Waals surface area (Å²) < 4.78 is 0. The van der Waals surface area contributed by atoms with Gasteiger partial charge in [0.25, 0.3) is 0 Å². The Kier molecular flexibility index (Phi) is 4.84. The number of carbonyl (C=O) groups excluding carboxylic acids is 1. The topological polar surface area (TPSA) is 78.9 Å². The Hall–Kier alpha value is -1.75. The summed E-state index contributed by atoms with van der Waals surface area (Å²) in [6, 6.07) is 6.94. The molecule has 1 atom stereocenters. The number of nitrogens with two attached hydrogens (primary N) is 1. The van der Waals surface area contributed by atoms with Gasteiger partial charge in [-0.05, 0) is 37.0 Å². The first kappa shape index (κ1) is 14.7. The third-order valence-electron chi connectivity index (χ3n) is 3.52. The molecule has 0 aliphatic carbocycles. The molecule has 0 radical (unpaired) electrons. The van der Waals surface area contributed by atoms with E-state index in [0.717, 1.165) is 24.8 Å². The molecule has 0 aromatic heterocycles. The number of hydrogen-bond acceptors (Lipinski definition) is 3. The first-order valence-electron chi connectivity index (χ1n) is 6.63. The molecular weight excluding hydrogens is 278 g/mol. The zero-order valence-electron chi connectivity index (χ0n) is 11.1. The largest absolute Gasteiger partial charge is 0.409 e. The average Bonchev–Trinajstić information content (AvgIpc) is 2.46. The fraction of sp³-hybridized carbons (Fsp3) is 0.429. The third-order valence-corrected chi connectivity index (χ3v) is 3.76. The summed E-state index contributed by atoms with van der Waals surface area (Å²) in [5.74, 6) is 0.0766. The highest BCUT2D eigenvalue weighted by Crippen LogP contribution is 2.19. The molecule has 1 unspecified atom stereocenters.